The van der Waals surface area contributed by atoms with E-state index >= 15 is 0 Å². The molecule has 1 N–H and O–H groups in total. The summed E-state index contributed by atoms with van der Waals surface area (Å²) in [4.78, 5) is 4.41. The van der Waals surface area contributed by atoms with Crippen LogP contribution in [0.5, 0.6) is 0 Å². The predicted octanol–water partition coefficient (Wildman–Crippen LogP) is 2.83. The van der Waals surface area contributed by atoms with E-state index in [1.54, 1.807) is 11.3 Å². The summed E-state index contributed by atoms with van der Waals surface area (Å²) < 4.78 is 5.89. The molecule has 1 aliphatic heterocycles. The molecule has 4 heteroatoms. The van der Waals surface area contributed by atoms with E-state index in [0.29, 0.717) is 5.92 Å². The predicted molar refractivity (Wildman–Crippen MR) is 67.1 cm³/mol. The zero-order valence-corrected chi connectivity index (χ0v) is 11.0. The smallest absolute Gasteiger partial charge is 0.0998 e. The van der Waals surface area contributed by atoms with Crippen LogP contribution >= 0.6 is 11.3 Å². The summed E-state index contributed by atoms with van der Waals surface area (Å²) in [6.45, 7) is 2.78. The first-order chi connectivity index (χ1) is 8.19. The van der Waals surface area contributed by atoms with Gasteiger partial charge in [-0.15, -0.1) is 11.3 Å². The van der Waals surface area contributed by atoms with Gasteiger partial charge in [-0.3, -0.25) is 0 Å². The van der Waals surface area contributed by atoms with Crippen molar-refractivity contribution in [3.63, 3.8) is 0 Å². The van der Waals surface area contributed by atoms with Crippen molar-refractivity contribution in [1.29, 1.82) is 0 Å². The van der Waals surface area contributed by atoms with Crippen LogP contribution in [0.4, 0.5) is 0 Å². The molecule has 0 aromatic carbocycles. The molecule has 0 bridgehead atoms. The van der Waals surface area contributed by atoms with Gasteiger partial charge in [0, 0.05) is 12.0 Å². The Bertz CT molecular complexity index is 400. The fourth-order valence-electron chi connectivity index (χ4n) is 3.01. The topological polar surface area (TPSA) is 42.4 Å². The van der Waals surface area contributed by atoms with Crippen molar-refractivity contribution in [2.24, 2.45) is 5.92 Å². The van der Waals surface area contributed by atoms with Crippen LogP contribution in [-0.2, 0) is 4.74 Å². The van der Waals surface area contributed by atoms with Crippen molar-refractivity contribution < 1.29 is 9.84 Å². The van der Waals surface area contributed by atoms with Gasteiger partial charge in [0.05, 0.1) is 22.4 Å². The lowest BCUT2D eigenvalue weighted by Gasteiger charge is -2.48. The Hall–Kier alpha value is -0.450. The molecule has 2 atom stereocenters. The Balaban J connectivity index is 1.71. The summed E-state index contributed by atoms with van der Waals surface area (Å²) >= 11 is 1.61. The van der Waals surface area contributed by atoms with Gasteiger partial charge in [0.1, 0.15) is 0 Å². The van der Waals surface area contributed by atoms with Gasteiger partial charge in [-0.25, -0.2) is 4.98 Å². The molecular formula is C13H19NO2S. The number of thiazole rings is 1. The number of nitrogens with zero attached hydrogens (tertiary/aromatic N) is 1. The summed E-state index contributed by atoms with van der Waals surface area (Å²) in [7, 11) is 0. The van der Waals surface area contributed by atoms with Gasteiger partial charge < -0.3 is 9.84 Å². The van der Waals surface area contributed by atoms with Gasteiger partial charge in [-0.1, -0.05) is 0 Å². The first kappa shape index (κ1) is 11.6. The Kier molecular flexibility index (Phi) is 2.97. The van der Waals surface area contributed by atoms with Gasteiger partial charge in [0.25, 0.3) is 0 Å². The molecule has 17 heavy (non-hydrogen) atoms. The minimum Gasteiger partial charge on any atom is -0.386 e. The van der Waals surface area contributed by atoms with Crippen molar-refractivity contribution in [3.05, 3.63) is 16.1 Å². The van der Waals surface area contributed by atoms with Crippen molar-refractivity contribution in [2.75, 3.05) is 6.61 Å². The Morgan fingerprint density at radius 2 is 2.41 bits per heavy atom. The lowest BCUT2D eigenvalue weighted by Crippen LogP contribution is -2.46. The molecule has 0 amide bonds. The quantitative estimate of drug-likeness (QED) is 0.881. The van der Waals surface area contributed by atoms with Gasteiger partial charge in [-0.05, 0) is 44.9 Å². The number of aromatic nitrogens is 1. The van der Waals surface area contributed by atoms with Crippen molar-refractivity contribution in [1.82, 2.24) is 4.98 Å². The van der Waals surface area contributed by atoms with Crippen molar-refractivity contribution >= 4 is 11.3 Å². The van der Waals surface area contributed by atoms with Gasteiger partial charge >= 0.3 is 0 Å². The molecule has 1 aromatic heterocycles. The molecule has 1 aliphatic carbocycles. The molecule has 1 saturated heterocycles. The van der Waals surface area contributed by atoms with Crippen molar-refractivity contribution in [3.8, 4) is 0 Å². The van der Waals surface area contributed by atoms with Crippen LogP contribution in [0.15, 0.2) is 5.38 Å². The maximum absolute atomic E-state index is 10.4. The molecular weight excluding hydrogens is 234 g/mol. The lowest BCUT2D eigenvalue weighted by atomic mass is 9.70. The van der Waals surface area contributed by atoms with E-state index < -0.39 is 6.10 Å². The highest BCUT2D eigenvalue weighted by Crippen LogP contribution is 2.47. The normalized spacial score (nSPS) is 28.9. The van der Waals surface area contributed by atoms with E-state index in [2.05, 4.69) is 4.98 Å². The van der Waals surface area contributed by atoms with Crippen LogP contribution in [0.1, 0.15) is 48.9 Å². The summed E-state index contributed by atoms with van der Waals surface area (Å²) in [5.41, 5.74) is 0.962. The number of aliphatic hydroxyl groups excluding tert-OH is 1. The first-order valence-corrected chi connectivity index (χ1v) is 7.31. The van der Waals surface area contributed by atoms with Gasteiger partial charge in [0.2, 0.25) is 0 Å². The second kappa shape index (κ2) is 4.34. The zero-order valence-electron chi connectivity index (χ0n) is 10.2. The van der Waals surface area contributed by atoms with Gasteiger partial charge in [-0.2, -0.15) is 0 Å². The molecule has 0 radical (unpaired) electrons. The molecule has 2 unspecified atom stereocenters. The molecule has 1 spiro atoms. The number of rotatable bonds is 2. The number of ether oxygens (including phenoxy) is 1. The Morgan fingerprint density at radius 3 is 3.00 bits per heavy atom. The highest BCUT2D eigenvalue weighted by atomic mass is 32.1. The molecule has 3 nitrogen and oxygen atoms in total. The van der Waals surface area contributed by atoms with Crippen LogP contribution in [0.2, 0.25) is 0 Å². The Morgan fingerprint density at radius 1 is 1.59 bits per heavy atom. The minimum atomic E-state index is -0.402. The van der Waals surface area contributed by atoms with Gasteiger partial charge in [0.15, 0.2) is 0 Å². The largest absolute Gasteiger partial charge is 0.386 e. The van der Waals surface area contributed by atoms with E-state index in [1.807, 2.05) is 12.3 Å². The average molecular weight is 253 g/mol. The van der Waals surface area contributed by atoms with E-state index in [-0.39, 0.29) is 5.60 Å². The SMILES string of the molecule is Cc1nc(C(O)C2CCOC3(CCC3)C2)cs1. The molecule has 1 saturated carbocycles. The second-order valence-electron chi connectivity index (χ2n) is 5.37. The molecule has 2 heterocycles. The van der Waals surface area contributed by atoms with Crippen molar-refractivity contribution in [2.45, 2.75) is 50.7 Å². The minimum absolute atomic E-state index is 0.106. The zero-order chi connectivity index (χ0) is 11.9. The van der Waals surface area contributed by atoms with Crippen LogP contribution in [0.25, 0.3) is 0 Å². The molecule has 94 valence electrons. The number of aryl methyl sites for hydroxylation is 1. The number of hydrogen-bond acceptors (Lipinski definition) is 4. The van der Waals surface area contributed by atoms with Crippen LogP contribution < -0.4 is 0 Å². The lowest BCUT2D eigenvalue weighted by molar-refractivity contribution is -0.157. The second-order valence-corrected chi connectivity index (χ2v) is 6.44. The van der Waals surface area contributed by atoms with E-state index in [9.17, 15) is 5.11 Å². The van der Waals surface area contributed by atoms with E-state index in [0.717, 1.165) is 30.2 Å². The maximum atomic E-state index is 10.4. The third-order valence-electron chi connectivity index (χ3n) is 4.18. The standard InChI is InChI=1S/C13H19NO2S/c1-9-14-11(8-17-9)12(15)10-3-6-16-13(7-10)4-2-5-13/h8,10,12,15H,2-7H2,1H3. The van der Waals surface area contributed by atoms with Crippen LogP contribution in [0, 0.1) is 12.8 Å². The highest BCUT2D eigenvalue weighted by Gasteiger charge is 2.44. The monoisotopic (exact) mass is 253 g/mol. The highest BCUT2D eigenvalue weighted by molar-refractivity contribution is 7.09. The summed E-state index contributed by atoms with van der Waals surface area (Å²) in [5.74, 6) is 0.325. The van der Waals surface area contributed by atoms with E-state index in [1.165, 1.54) is 19.3 Å². The van der Waals surface area contributed by atoms with Crippen LogP contribution in [-0.4, -0.2) is 22.3 Å². The van der Waals surface area contributed by atoms with E-state index in [4.69, 9.17) is 4.74 Å². The number of aliphatic hydroxyl groups is 1. The fourth-order valence-corrected chi connectivity index (χ4v) is 3.65. The van der Waals surface area contributed by atoms with Crippen LogP contribution in [0.3, 0.4) is 0 Å². The third-order valence-corrected chi connectivity index (χ3v) is 4.97. The number of hydrogen-bond donors (Lipinski definition) is 1. The average Bonchev–Trinajstić information content (AvgIpc) is 2.73. The fraction of sp³-hybridized carbons (Fsp3) is 0.769. The summed E-state index contributed by atoms with van der Waals surface area (Å²) in [6.07, 6.45) is 5.18. The summed E-state index contributed by atoms with van der Waals surface area (Å²) in [6, 6.07) is 0. The Labute approximate surface area is 106 Å². The molecule has 3 rings (SSSR count). The summed E-state index contributed by atoms with van der Waals surface area (Å²) in [5, 5.41) is 13.4. The molecule has 2 aliphatic rings. The first-order valence-electron chi connectivity index (χ1n) is 6.43. The third kappa shape index (κ3) is 2.14. The molecule has 2 fully saturated rings. The molecule has 1 aromatic rings. The maximum Gasteiger partial charge on any atom is 0.0998 e.